The Kier molecular flexibility index (Phi) is 3.68. The van der Waals surface area contributed by atoms with Crippen LogP contribution in [0.15, 0.2) is 17.6 Å². The van der Waals surface area contributed by atoms with Crippen LogP contribution in [0.2, 0.25) is 0 Å². The Labute approximate surface area is 89.1 Å². The largest absolute Gasteiger partial charge is 0.479 e. The van der Waals surface area contributed by atoms with Crippen molar-refractivity contribution in [1.82, 2.24) is 24.9 Å². The van der Waals surface area contributed by atoms with Gasteiger partial charge in [0.15, 0.2) is 5.16 Å². The first-order chi connectivity index (χ1) is 7.08. The molecule has 0 amide bonds. The topological polar surface area (TPSA) is 128 Å². The molecule has 0 aliphatic heterocycles. The summed E-state index contributed by atoms with van der Waals surface area (Å²) in [6, 6.07) is -2.12. The summed E-state index contributed by atoms with van der Waals surface area (Å²) in [6.45, 7) is 0. The van der Waals surface area contributed by atoms with E-state index in [4.69, 9.17) is 15.3 Å². The molecule has 0 fully saturated rings. The van der Waals surface area contributed by atoms with Crippen LogP contribution in [-0.4, -0.2) is 40.2 Å². The van der Waals surface area contributed by atoms with Crippen molar-refractivity contribution in [2.24, 2.45) is 0 Å². The summed E-state index contributed by atoms with van der Waals surface area (Å²) in [7, 11) is 0. The second kappa shape index (κ2) is 5.00. The Morgan fingerprint density at radius 3 is 1.67 bits per heavy atom. The molecule has 9 heteroatoms. The van der Waals surface area contributed by atoms with Crippen LogP contribution in [-0.2, 0) is 0 Å². The second-order valence-corrected chi connectivity index (χ2v) is 2.57. The first-order valence-electron chi connectivity index (χ1n) is 3.59. The lowest BCUT2D eigenvalue weighted by molar-refractivity contribution is 0.344. The lowest BCUT2D eigenvalue weighted by Gasteiger charge is -1.90. The monoisotopic (exact) mass is 229 g/mol. The molecule has 80 valence electrons. The predicted molar refractivity (Wildman–Crippen MR) is 50.7 cm³/mol. The van der Waals surface area contributed by atoms with E-state index in [1.54, 1.807) is 12.4 Å². The third kappa shape index (κ3) is 4.13. The maximum Gasteiger partial charge on any atom is 0.323 e. The Balaban J connectivity index is 0.000000162. The van der Waals surface area contributed by atoms with Crippen molar-refractivity contribution in [3.63, 3.8) is 0 Å². The zero-order valence-corrected chi connectivity index (χ0v) is 8.13. The Hall–Kier alpha value is -2.03. The SMILES string of the molecule is Oc1nc(O)nc(O)n1.Sc1ncc[nH]1. The first kappa shape index (κ1) is 11.0. The molecule has 0 atom stereocenters. The number of aromatic hydroxyl groups is 3. The fourth-order valence-electron chi connectivity index (χ4n) is 0.600. The fraction of sp³-hybridized carbons (Fsp3) is 0. The third-order valence-electron chi connectivity index (χ3n) is 1.08. The van der Waals surface area contributed by atoms with Crippen molar-refractivity contribution in [1.29, 1.82) is 0 Å². The van der Waals surface area contributed by atoms with Crippen LogP contribution in [0.25, 0.3) is 0 Å². The smallest absolute Gasteiger partial charge is 0.323 e. The molecule has 0 radical (unpaired) electrons. The molecule has 4 N–H and O–H groups in total. The van der Waals surface area contributed by atoms with Crippen LogP contribution in [0.1, 0.15) is 0 Å². The van der Waals surface area contributed by atoms with E-state index >= 15 is 0 Å². The van der Waals surface area contributed by atoms with Gasteiger partial charge < -0.3 is 20.3 Å². The van der Waals surface area contributed by atoms with E-state index in [-0.39, 0.29) is 0 Å². The van der Waals surface area contributed by atoms with Gasteiger partial charge >= 0.3 is 18.0 Å². The third-order valence-corrected chi connectivity index (χ3v) is 1.33. The number of nitrogens with one attached hydrogen (secondary N) is 1. The Bertz CT molecular complexity index is 370. The molecule has 0 bridgehead atoms. The van der Waals surface area contributed by atoms with E-state index in [0.29, 0.717) is 5.16 Å². The van der Waals surface area contributed by atoms with Gasteiger partial charge in [-0.1, -0.05) is 0 Å². The van der Waals surface area contributed by atoms with E-state index in [0.717, 1.165) is 0 Å². The molecule has 15 heavy (non-hydrogen) atoms. The molecule has 0 aliphatic carbocycles. The molecule has 2 aromatic rings. The molecule has 2 rings (SSSR count). The number of hydrogen-bond acceptors (Lipinski definition) is 8. The number of hydrogen-bond donors (Lipinski definition) is 5. The van der Waals surface area contributed by atoms with Crippen LogP contribution in [0, 0.1) is 0 Å². The molecule has 0 spiro atoms. The fourth-order valence-corrected chi connectivity index (χ4v) is 0.741. The summed E-state index contributed by atoms with van der Waals surface area (Å²) in [4.78, 5) is 15.4. The van der Waals surface area contributed by atoms with Gasteiger partial charge in [0.25, 0.3) is 0 Å². The second-order valence-electron chi connectivity index (χ2n) is 2.15. The van der Waals surface area contributed by atoms with Crippen molar-refractivity contribution < 1.29 is 15.3 Å². The average Bonchev–Trinajstić information content (AvgIpc) is 2.54. The predicted octanol–water partition coefficient (Wildman–Crippen LogP) is -0.313. The van der Waals surface area contributed by atoms with Gasteiger partial charge in [0.1, 0.15) is 0 Å². The number of aromatic nitrogens is 5. The van der Waals surface area contributed by atoms with E-state index in [2.05, 4.69) is 37.5 Å². The van der Waals surface area contributed by atoms with Gasteiger partial charge in [-0.3, -0.25) is 0 Å². The quantitative estimate of drug-likeness (QED) is 0.392. The summed E-state index contributed by atoms with van der Waals surface area (Å²) in [5, 5.41) is 25.9. The van der Waals surface area contributed by atoms with Gasteiger partial charge in [-0.15, -0.1) is 27.6 Å². The minimum absolute atomic E-state index is 0.662. The Morgan fingerprint density at radius 1 is 1.00 bits per heavy atom. The molecule has 0 saturated heterocycles. The highest BCUT2D eigenvalue weighted by Crippen LogP contribution is 2.08. The normalized spacial score (nSPS) is 9.13. The zero-order valence-electron chi connectivity index (χ0n) is 7.23. The first-order valence-corrected chi connectivity index (χ1v) is 4.04. The number of thiol groups is 1. The van der Waals surface area contributed by atoms with E-state index in [1.165, 1.54) is 0 Å². The highest BCUT2D eigenvalue weighted by molar-refractivity contribution is 7.80. The number of nitrogens with zero attached hydrogens (tertiary/aromatic N) is 4. The molecular formula is C6H7N5O3S. The summed E-state index contributed by atoms with van der Waals surface area (Å²) in [5.41, 5.74) is 0. The van der Waals surface area contributed by atoms with Crippen LogP contribution in [0.5, 0.6) is 18.0 Å². The van der Waals surface area contributed by atoms with Crippen LogP contribution >= 0.6 is 12.6 Å². The van der Waals surface area contributed by atoms with Gasteiger partial charge in [0, 0.05) is 12.4 Å². The number of aromatic amines is 1. The summed E-state index contributed by atoms with van der Waals surface area (Å²) in [6.07, 6.45) is 3.38. The minimum atomic E-state index is -0.708. The van der Waals surface area contributed by atoms with Crippen molar-refractivity contribution >= 4 is 12.6 Å². The van der Waals surface area contributed by atoms with Crippen molar-refractivity contribution in [2.75, 3.05) is 0 Å². The maximum atomic E-state index is 8.41. The van der Waals surface area contributed by atoms with Crippen LogP contribution in [0.4, 0.5) is 0 Å². The summed E-state index contributed by atoms with van der Waals surface area (Å²) in [5.74, 6) is 0. The molecule has 0 unspecified atom stereocenters. The van der Waals surface area contributed by atoms with E-state index in [1.807, 2.05) is 0 Å². The van der Waals surface area contributed by atoms with Crippen molar-refractivity contribution in [3.05, 3.63) is 12.4 Å². The van der Waals surface area contributed by atoms with Gasteiger partial charge in [-0.05, 0) is 0 Å². The summed E-state index contributed by atoms with van der Waals surface area (Å²) < 4.78 is 0. The number of H-pyrrole nitrogens is 1. The molecule has 0 saturated carbocycles. The summed E-state index contributed by atoms with van der Waals surface area (Å²) >= 11 is 3.87. The molecule has 2 heterocycles. The highest BCUT2D eigenvalue weighted by atomic mass is 32.1. The number of imidazole rings is 1. The number of rotatable bonds is 0. The van der Waals surface area contributed by atoms with Crippen molar-refractivity contribution in [2.45, 2.75) is 5.16 Å². The lowest BCUT2D eigenvalue weighted by Crippen LogP contribution is -1.85. The van der Waals surface area contributed by atoms with Crippen LogP contribution in [0.3, 0.4) is 0 Å². The van der Waals surface area contributed by atoms with Gasteiger partial charge in [0.2, 0.25) is 0 Å². The minimum Gasteiger partial charge on any atom is -0.479 e. The van der Waals surface area contributed by atoms with E-state index < -0.39 is 18.0 Å². The molecule has 8 nitrogen and oxygen atoms in total. The van der Waals surface area contributed by atoms with Crippen molar-refractivity contribution in [3.8, 4) is 18.0 Å². The molecular weight excluding hydrogens is 222 g/mol. The average molecular weight is 229 g/mol. The van der Waals surface area contributed by atoms with Gasteiger partial charge in [0.05, 0.1) is 0 Å². The van der Waals surface area contributed by atoms with Crippen LogP contribution < -0.4 is 0 Å². The molecule has 0 aliphatic rings. The van der Waals surface area contributed by atoms with Gasteiger partial charge in [-0.2, -0.15) is 0 Å². The molecule has 2 aromatic heterocycles. The van der Waals surface area contributed by atoms with E-state index in [9.17, 15) is 0 Å². The standard InChI is InChI=1S/C3H3N3O3.C3H4N2S/c7-1-4-2(8)6-3(9)5-1;6-3-4-1-2-5-3/h(H3,4,5,6,7,8,9);1-2H,(H2,4,5,6). The Morgan fingerprint density at radius 2 is 1.47 bits per heavy atom. The maximum absolute atomic E-state index is 8.41. The van der Waals surface area contributed by atoms with Gasteiger partial charge in [-0.25, -0.2) is 4.98 Å². The highest BCUT2D eigenvalue weighted by Gasteiger charge is 1.99. The zero-order chi connectivity index (χ0) is 11.3. The molecule has 0 aromatic carbocycles. The lowest BCUT2D eigenvalue weighted by atomic mass is 10.9.